The number of nitrogens with zero attached hydrogens (tertiary/aromatic N) is 1. The molecule has 0 aliphatic carbocycles. The molecule has 1 N–H and O–H groups in total. The molecule has 0 atom stereocenters. The predicted octanol–water partition coefficient (Wildman–Crippen LogP) is 3.38. The third kappa shape index (κ3) is 2.61. The lowest BCUT2D eigenvalue weighted by atomic mass is 10.0. The minimum absolute atomic E-state index is 0.954. The minimum Gasteiger partial charge on any atom is -0.249 e. The third-order valence-electron chi connectivity index (χ3n) is 2.25. The molecule has 0 aliphatic heterocycles. The summed E-state index contributed by atoms with van der Waals surface area (Å²) >= 11 is 2.02. The van der Waals surface area contributed by atoms with Crippen LogP contribution < -0.4 is 3.64 Å². The van der Waals surface area contributed by atoms with Crippen molar-refractivity contribution in [2.75, 3.05) is 0 Å². The summed E-state index contributed by atoms with van der Waals surface area (Å²) in [7, 11) is 0. The van der Waals surface area contributed by atoms with Crippen molar-refractivity contribution in [1.82, 2.24) is 3.64 Å². The molecular weight excluding hydrogens is 311 g/mol. The van der Waals surface area contributed by atoms with Gasteiger partial charge in [-0.3, -0.25) is 0 Å². The van der Waals surface area contributed by atoms with Gasteiger partial charge in [-0.15, -0.1) is 0 Å². The van der Waals surface area contributed by atoms with Gasteiger partial charge >= 0.3 is 0 Å². The number of halogens is 1. The van der Waals surface area contributed by atoms with Crippen molar-refractivity contribution >= 4 is 28.6 Å². The lowest BCUT2D eigenvalue weighted by Gasteiger charge is -2.05. The van der Waals surface area contributed by atoms with Crippen LogP contribution in [0.15, 0.2) is 65.8 Å². The van der Waals surface area contributed by atoms with Gasteiger partial charge in [-0.1, -0.05) is 60.7 Å². The van der Waals surface area contributed by atoms with Crippen LogP contribution in [0.4, 0.5) is 0 Å². The van der Waals surface area contributed by atoms with Gasteiger partial charge in [-0.05, 0) is 0 Å². The molecule has 0 saturated heterocycles. The van der Waals surface area contributed by atoms with E-state index in [0.29, 0.717) is 0 Å². The monoisotopic (exact) mass is 322 g/mol. The van der Waals surface area contributed by atoms with Crippen molar-refractivity contribution in [2.24, 2.45) is 5.10 Å². The molecule has 0 saturated carbocycles. The zero-order chi connectivity index (χ0) is 11.2. The van der Waals surface area contributed by atoms with Crippen molar-refractivity contribution in [3.05, 3.63) is 71.8 Å². The molecule has 0 aliphatic rings. The normalized spacial score (nSPS) is 9.56. The smallest absolute Gasteiger partial charge is 0.0982 e. The van der Waals surface area contributed by atoms with Crippen LogP contribution in [0.3, 0.4) is 0 Å². The van der Waals surface area contributed by atoms with Gasteiger partial charge in [0.25, 0.3) is 0 Å². The number of hydrogen-bond acceptors (Lipinski definition) is 2. The lowest BCUT2D eigenvalue weighted by molar-refractivity contribution is 1.16. The number of hydrazone groups is 1. The topological polar surface area (TPSA) is 24.4 Å². The molecule has 2 aromatic rings. The molecule has 2 rings (SSSR count). The fourth-order valence-corrected chi connectivity index (χ4v) is 1.77. The van der Waals surface area contributed by atoms with E-state index >= 15 is 0 Å². The van der Waals surface area contributed by atoms with E-state index in [1.807, 2.05) is 59.3 Å². The summed E-state index contributed by atoms with van der Waals surface area (Å²) in [5, 5.41) is 4.32. The zero-order valence-electron chi connectivity index (χ0n) is 8.60. The maximum Gasteiger partial charge on any atom is 0.0982 e. The number of hydrogen-bond donors (Lipinski definition) is 1. The number of nitrogens with one attached hydrogen (secondary N) is 1. The van der Waals surface area contributed by atoms with Crippen LogP contribution in [0.25, 0.3) is 0 Å². The van der Waals surface area contributed by atoms with Crippen LogP contribution in [0, 0.1) is 0 Å². The molecule has 80 valence electrons. The minimum atomic E-state index is 0.954. The second-order valence-corrected chi connectivity index (χ2v) is 3.76. The van der Waals surface area contributed by atoms with Gasteiger partial charge in [-0.25, -0.2) is 3.64 Å². The van der Waals surface area contributed by atoms with E-state index < -0.39 is 0 Å². The third-order valence-corrected chi connectivity index (χ3v) is 2.49. The Bertz CT molecular complexity index is 424. The molecule has 0 bridgehead atoms. The van der Waals surface area contributed by atoms with Crippen LogP contribution in [0.5, 0.6) is 0 Å². The fraction of sp³-hybridized carbons (Fsp3) is 0. The first-order valence-electron chi connectivity index (χ1n) is 4.96. The van der Waals surface area contributed by atoms with Crippen molar-refractivity contribution < 1.29 is 0 Å². The number of rotatable bonds is 3. The van der Waals surface area contributed by atoms with Crippen LogP contribution in [-0.4, -0.2) is 5.71 Å². The van der Waals surface area contributed by atoms with Crippen molar-refractivity contribution in [2.45, 2.75) is 0 Å². The highest BCUT2D eigenvalue weighted by Crippen LogP contribution is 2.10. The molecule has 0 amide bonds. The molecule has 0 heterocycles. The molecule has 16 heavy (non-hydrogen) atoms. The van der Waals surface area contributed by atoms with E-state index in [9.17, 15) is 0 Å². The van der Waals surface area contributed by atoms with E-state index in [0.717, 1.165) is 16.8 Å². The summed E-state index contributed by atoms with van der Waals surface area (Å²) in [6.45, 7) is 0. The van der Waals surface area contributed by atoms with E-state index in [1.165, 1.54) is 0 Å². The molecule has 0 radical (unpaired) electrons. The Balaban J connectivity index is 2.44. The average molecular weight is 322 g/mol. The Morgan fingerprint density at radius 2 is 1.25 bits per heavy atom. The molecule has 3 heteroatoms. The molecular formula is C13H11IN2. The molecule has 0 fully saturated rings. The fourth-order valence-electron chi connectivity index (χ4n) is 1.53. The van der Waals surface area contributed by atoms with E-state index in [2.05, 4.69) is 33.0 Å². The largest absolute Gasteiger partial charge is 0.249 e. The van der Waals surface area contributed by atoms with Crippen molar-refractivity contribution in [1.29, 1.82) is 0 Å². The molecule has 2 aromatic carbocycles. The summed E-state index contributed by atoms with van der Waals surface area (Å²) in [6, 6.07) is 20.3. The first kappa shape index (κ1) is 11.1. The first-order valence-corrected chi connectivity index (χ1v) is 6.04. The SMILES string of the molecule is INN=C(c1ccccc1)c1ccccc1. The quantitative estimate of drug-likeness (QED) is 0.398. The van der Waals surface area contributed by atoms with Crippen LogP contribution in [-0.2, 0) is 0 Å². The highest BCUT2D eigenvalue weighted by atomic mass is 127. The first-order chi connectivity index (χ1) is 7.92. The van der Waals surface area contributed by atoms with Gasteiger partial charge in [0.1, 0.15) is 0 Å². The summed E-state index contributed by atoms with van der Waals surface area (Å²) in [6.07, 6.45) is 0. The van der Waals surface area contributed by atoms with Crippen LogP contribution in [0.1, 0.15) is 11.1 Å². The highest BCUT2D eigenvalue weighted by Gasteiger charge is 2.05. The number of benzene rings is 2. The van der Waals surface area contributed by atoms with Gasteiger partial charge in [0.2, 0.25) is 0 Å². The van der Waals surface area contributed by atoms with Gasteiger partial charge in [0, 0.05) is 11.1 Å². The summed E-state index contributed by atoms with van der Waals surface area (Å²) in [5.41, 5.74) is 3.17. The average Bonchev–Trinajstić information content (AvgIpc) is 2.38. The Hall–Kier alpha value is -1.36. The predicted molar refractivity (Wildman–Crippen MR) is 75.7 cm³/mol. The second kappa shape index (κ2) is 5.65. The van der Waals surface area contributed by atoms with Gasteiger partial charge in [0.05, 0.1) is 28.6 Å². The molecule has 0 aromatic heterocycles. The van der Waals surface area contributed by atoms with Gasteiger partial charge < -0.3 is 0 Å². The summed E-state index contributed by atoms with van der Waals surface area (Å²) in [4.78, 5) is 0. The Kier molecular flexibility index (Phi) is 3.93. The van der Waals surface area contributed by atoms with Crippen molar-refractivity contribution in [3.8, 4) is 0 Å². The van der Waals surface area contributed by atoms with Gasteiger partial charge in [0.15, 0.2) is 0 Å². The lowest BCUT2D eigenvalue weighted by Crippen LogP contribution is -2.06. The molecule has 0 unspecified atom stereocenters. The Morgan fingerprint density at radius 3 is 1.62 bits per heavy atom. The summed E-state index contributed by atoms with van der Waals surface area (Å²) < 4.78 is 2.82. The maximum atomic E-state index is 4.32. The second-order valence-electron chi connectivity index (χ2n) is 3.28. The van der Waals surface area contributed by atoms with E-state index in [-0.39, 0.29) is 0 Å². The van der Waals surface area contributed by atoms with Crippen molar-refractivity contribution in [3.63, 3.8) is 0 Å². The Morgan fingerprint density at radius 1 is 0.812 bits per heavy atom. The highest BCUT2D eigenvalue weighted by molar-refractivity contribution is 14.1. The standard InChI is InChI=1S/C13H11IN2/c14-16-15-13(11-7-3-1-4-8-11)12-9-5-2-6-10-12/h1-10,16H. The van der Waals surface area contributed by atoms with Crippen LogP contribution in [0.2, 0.25) is 0 Å². The van der Waals surface area contributed by atoms with E-state index in [4.69, 9.17) is 0 Å². The maximum absolute atomic E-state index is 4.32. The van der Waals surface area contributed by atoms with Gasteiger partial charge in [-0.2, -0.15) is 5.10 Å². The summed E-state index contributed by atoms with van der Waals surface area (Å²) in [5.74, 6) is 0. The zero-order valence-corrected chi connectivity index (χ0v) is 10.8. The Labute approximate surface area is 109 Å². The van der Waals surface area contributed by atoms with Crippen LogP contribution >= 0.6 is 22.9 Å². The molecule has 2 nitrogen and oxygen atoms in total. The van der Waals surface area contributed by atoms with E-state index in [1.54, 1.807) is 0 Å². The molecule has 0 spiro atoms.